The smallest absolute Gasteiger partial charge is 0.251 e. The summed E-state index contributed by atoms with van der Waals surface area (Å²) in [7, 11) is -1.72. The molecule has 0 saturated carbocycles. The number of methoxy groups -OCH3 is 1. The van der Waals surface area contributed by atoms with Crippen LogP contribution < -0.4 is 10.1 Å². The summed E-state index contributed by atoms with van der Waals surface area (Å²) in [6.07, 6.45) is 0.396. The zero-order chi connectivity index (χ0) is 14.0. The monoisotopic (exact) mass is 287 g/mol. The van der Waals surface area contributed by atoms with Gasteiger partial charge >= 0.3 is 0 Å². The van der Waals surface area contributed by atoms with Crippen molar-refractivity contribution in [1.29, 1.82) is 0 Å². The Hall–Kier alpha value is -1.63. The van der Waals surface area contributed by atoms with Gasteiger partial charge in [-0.2, -0.15) is 0 Å². The van der Waals surface area contributed by atoms with E-state index < -0.39 is 27.6 Å². The van der Waals surface area contributed by atoms with E-state index >= 15 is 0 Å². The van der Waals surface area contributed by atoms with Gasteiger partial charge in [-0.3, -0.25) is 4.79 Å². The minimum Gasteiger partial charge on any atom is -0.494 e. The summed E-state index contributed by atoms with van der Waals surface area (Å²) < 4.78 is 40.7. The van der Waals surface area contributed by atoms with Gasteiger partial charge < -0.3 is 10.1 Å². The van der Waals surface area contributed by atoms with E-state index in [0.717, 1.165) is 6.07 Å². The molecule has 1 N–H and O–H groups in total. The van der Waals surface area contributed by atoms with E-state index in [2.05, 4.69) is 5.32 Å². The fourth-order valence-electron chi connectivity index (χ4n) is 1.99. The summed E-state index contributed by atoms with van der Waals surface area (Å²) in [5.41, 5.74) is 0.141. The lowest BCUT2D eigenvalue weighted by Gasteiger charge is -2.11. The molecule has 1 aromatic rings. The molecule has 1 atom stereocenters. The first-order valence-corrected chi connectivity index (χ1v) is 7.58. The Morgan fingerprint density at radius 1 is 1.47 bits per heavy atom. The SMILES string of the molecule is COc1ccc(C(=O)NC2CCS(=O)(=O)C2)cc1F. The van der Waals surface area contributed by atoms with Crippen molar-refractivity contribution in [3.05, 3.63) is 29.6 Å². The third-order valence-electron chi connectivity index (χ3n) is 2.98. The van der Waals surface area contributed by atoms with Gasteiger partial charge in [0.1, 0.15) is 0 Å². The molecule has 2 rings (SSSR count). The van der Waals surface area contributed by atoms with Crippen molar-refractivity contribution >= 4 is 15.7 Å². The lowest BCUT2D eigenvalue weighted by Crippen LogP contribution is -2.35. The highest BCUT2D eigenvalue weighted by Gasteiger charge is 2.29. The van der Waals surface area contributed by atoms with E-state index in [1.807, 2.05) is 0 Å². The molecule has 19 heavy (non-hydrogen) atoms. The van der Waals surface area contributed by atoms with Gasteiger partial charge in [-0.05, 0) is 24.6 Å². The van der Waals surface area contributed by atoms with Crippen LogP contribution in [0.4, 0.5) is 4.39 Å². The Kier molecular flexibility index (Phi) is 3.75. The summed E-state index contributed by atoms with van der Waals surface area (Å²) in [6, 6.07) is 3.45. The van der Waals surface area contributed by atoms with Crippen LogP contribution in [0.1, 0.15) is 16.8 Å². The van der Waals surface area contributed by atoms with Crippen molar-refractivity contribution in [1.82, 2.24) is 5.32 Å². The first-order valence-electron chi connectivity index (χ1n) is 5.76. The van der Waals surface area contributed by atoms with Crippen molar-refractivity contribution in [2.45, 2.75) is 12.5 Å². The van der Waals surface area contributed by atoms with Gasteiger partial charge in [0.05, 0.1) is 18.6 Å². The largest absolute Gasteiger partial charge is 0.494 e. The van der Waals surface area contributed by atoms with Crippen molar-refractivity contribution in [3.63, 3.8) is 0 Å². The Balaban J connectivity index is 2.06. The van der Waals surface area contributed by atoms with Crippen LogP contribution >= 0.6 is 0 Å². The molecule has 0 spiro atoms. The summed E-state index contributed by atoms with van der Waals surface area (Å²) in [4.78, 5) is 11.9. The van der Waals surface area contributed by atoms with Crippen LogP contribution in [0.2, 0.25) is 0 Å². The average Bonchev–Trinajstić information content (AvgIpc) is 2.68. The maximum Gasteiger partial charge on any atom is 0.251 e. The third kappa shape index (κ3) is 3.23. The molecule has 1 unspecified atom stereocenters. The zero-order valence-electron chi connectivity index (χ0n) is 10.3. The second kappa shape index (κ2) is 5.16. The number of nitrogens with one attached hydrogen (secondary N) is 1. The van der Waals surface area contributed by atoms with E-state index in [4.69, 9.17) is 4.74 Å². The van der Waals surface area contributed by atoms with Crippen LogP contribution in [-0.4, -0.2) is 39.0 Å². The summed E-state index contributed by atoms with van der Waals surface area (Å²) >= 11 is 0. The third-order valence-corrected chi connectivity index (χ3v) is 4.75. The van der Waals surface area contributed by atoms with Crippen molar-refractivity contribution in [3.8, 4) is 5.75 Å². The second-order valence-corrected chi connectivity index (χ2v) is 6.65. The molecule has 1 aromatic carbocycles. The van der Waals surface area contributed by atoms with Gasteiger partial charge in [0, 0.05) is 11.6 Å². The minimum atomic E-state index is -3.05. The van der Waals surface area contributed by atoms with Gasteiger partial charge in [0.25, 0.3) is 5.91 Å². The maximum atomic E-state index is 13.4. The molecule has 0 aromatic heterocycles. The van der Waals surface area contributed by atoms with Gasteiger partial charge in [0.2, 0.25) is 0 Å². The number of benzene rings is 1. The molecule has 0 aliphatic carbocycles. The minimum absolute atomic E-state index is 0.0556. The number of amides is 1. The van der Waals surface area contributed by atoms with Gasteiger partial charge in [-0.25, -0.2) is 12.8 Å². The van der Waals surface area contributed by atoms with Crippen LogP contribution in [0.5, 0.6) is 5.75 Å². The number of halogens is 1. The highest BCUT2D eigenvalue weighted by atomic mass is 32.2. The molecule has 1 aliphatic rings. The van der Waals surface area contributed by atoms with Crippen LogP contribution in [0.3, 0.4) is 0 Å². The fourth-order valence-corrected chi connectivity index (χ4v) is 3.66. The first kappa shape index (κ1) is 13.8. The number of hydrogen-bond donors (Lipinski definition) is 1. The van der Waals surface area contributed by atoms with Crippen LogP contribution in [0.25, 0.3) is 0 Å². The quantitative estimate of drug-likeness (QED) is 0.890. The molecule has 1 aliphatic heterocycles. The van der Waals surface area contributed by atoms with Crippen molar-refractivity contribution in [2.24, 2.45) is 0 Å². The lowest BCUT2D eigenvalue weighted by molar-refractivity contribution is 0.0940. The normalized spacial score (nSPS) is 21.1. The molecule has 1 fully saturated rings. The molecule has 5 nitrogen and oxygen atoms in total. The second-order valence-electron chi connectivity index (χ2n) is 4.42. The summed E-state index contributed by atoms with van der Waals surface area (Å²) in [5, 5.41) is 2.59. The number of carbonyl (C=O) groups excluding carboxylic acids is 1. The standard InChI is InChI=1S/C12H14FNO4S/c1-18-11-3-2-8(6-10(11)13)12(15)14-9-4-5-19(16,17)7-9/h2-3,6,9H,4-5,7H2,1H3,(H,14,15). The van der Waals surface area contributed by atoms with Crippen LogP contribution in [0.15, 0.2) is 18.2 Å². The highest BCUT2D eigenvalue weighted by Crippen LogP contribution is 2.18. The number of ether oxygens (including phenoxy) is 1. The molecule has 1 saturated heterocycles. The highest BCUT2D eigenvalue weighted by molar-refractivity contribution is 7.91. The first-order chi connectivity index (χ1) is 8.91. The lowest BCUT2D eigenvalue weighted by atomic mass is 10.1. The van der Waals surface area contributed by atoms with E-state index in [1.54, 1.807) is 0 Å². The molecule has 1 heterocycles. The number of sulfone groups is 1. The predicted molar refractivity (Wildman–Crippen MR) is 67.5 cm³/mol. The van der Waals surface area contributed by atoms with Crippen LogP contribution in [0, 0.1) is 5.82 Å². The van der Waals surface area contributed by atoms with Crippen molar-refractivity contribution in [2.75, 3.05) is 18.6 Å². The molecular formula is C12H14FNO4S. The zero-order valence-corrected chi connectivity index (χ0v) is 11.2. The van der Waals surface area contributed by atoms with E-state index in [1.165, 1.54) is 19.2 Å². The molecular weight excluding hydrogens is 273 g/mol. The Morgan fingerprint density at radius 3 is 2.74 bits per heavy atom. The van der Waals surface area contributed by atoms with Crippen molar-refractivity contribution < 1.29 is 22.3 Å². The van der Waals surface area contributed by atoms with Gasteiger partial charge in [0.15, 0.2) is 21.4 Å². The van der Waals surface area contributed by atoms with Gasteiger partial charge in [-0.15, -0.1) is 0 Å². The average molecular weight is 287 g/mol. The molecule has 0 bridgehead atoms. The number of hydrogen-bond acceptors (Lipinski definition) is 4. The summed E-state index contributed by atoms with van der Waals surface area (Å²) in [5.74, 6) is -1.04. The van der Waals surface area contributed by atoms with Gasteiger partial charge in [-0.1, -0.05) is 0 Å². The van der Waals surface area contributed by atoms with E-state index in [-0.39, 0.29) is 22.8 Å². The Labute approximate surface area is 110 Å². The topological polar surface area (TPSA) is 72.5 Å². The molecule has 104 valence electrons. The number of rotatable bonds is 3. The molecule has 7 heteroatoms. The molecule has 0 radical (unpaired) electrons. The van der Waals surface area contributed by atoms with E-state index in [9.17, 15) is 17.6 Å². The molecule has 1 amide bonds. The predicted octanol–water partition coefficient (Wildman–Crippen LogP) is 0.751. The summed E-state index contributed by atoms with van der Waals surface area (Å²) in [6.45, 7) is 0. The maximum absolute atomic E-state index is 13.4. The Morgan fingerprint density at radius 2 is 2.21 bits per heavy atom. The fraction of sp³-hybridized carbons (Fsp3) is 0.417. The van der Waals surface area contributed by atoms with E-state index in [0.29, 0.717) is 6.42 Å². The Bertz CT molecular complexity index is 600. The number of carbonyl (C=O) groups is 1. The van der Waals surface area contributed by atoms with Crippen LogP contribution in [-0.2, 0) is 9.84 Å².